The molecule has 1 heterocycles. The second-order valence-corrected chi connectivity index (χ2v) is 5.90. The van der Waals surface area contributed by atoms with Crippen molar-refractivity contribution in [2.45, 2.75) is 6.18 Å². The standard InChI is InChI=1S/C13H5ClF3IN2S/c14-9-1-2-10(11(5-9)13(15,16)17)12-19-6-8(7-20-12)3-4-21-18/h1-2,5-7H. The van der Waals surface area contributed by atoms with Gasteiger partial charge in [-0.3, -0.25) is 0 Å². The highest BCUT2D eigenvalue weighted by Crippen LogP contribution is 2.37. The van der Waals surface area contributed by atoms with E-state index in [1.165, 1.54) is 33.5 Å². The first kappa shape index (κ1) is 16.4. The van der Waals surface area contributed by atoms with E-state index in [1.807, 2.05) is 21.2 Å². The summed E-state index contributed by atoms with van der Waals surface area (Å²) in [5.41, 5.74) is -0.447. The zero-order valence-electron chi connectivity index (χ0n) is 10.1. The van der Waals surface area contributed by atoms with E-state index in [-0.39, 0.29) is 16.4 Å². The largest absolute Gasteiger partial charge is 0.417 e. The van der Waals surface area contributed by atoms with Gasteiger partial charge in [0.2, 0.25) is 0 Å². The molecule has 8 heteroatoms. The fraction of sp³-hybridized carbons (Fsp3) is 0.0769. The molecule has 0 fully saturated rings. The van der Waals surface area contributed by atoms with Crippen molar-refractivity contribution < 1.29 is 13.2 Å². The Morgan fingerprint density at radius 2 is 1.86 bits per heavy atom. The molecule has 0 atom stereocenters. The molecule has 108 valence electrons. The Morgan fingerprint density at radius 1 is 1.19 bits per heavy atom. The van der Waals surface area contributed by atoms with Crippen LogP contribution >= 0.6 is 41.7 Å². The van der Waals surface area contributed by atoms with Gasteiger partial charge in [-0.2, -0.15) is 13.2 Å². The highest BCUT2D eigenvalue weighted by atomic mass is 127. The quantitative estimate of drug-likeness (QED) is 0.450. The Balaban J connectivity index is 2.47. The maximum absolute atomic E-state index is 13.0. The van der Waals surface area contributed by atoms with Crippen LogP contribution in [0.5, 0.6) is 0 Å². The van der Waals surface area contributed by atoms with Gasteiger partial charge in [0.25, 0.3) is 0 Å². The van der Waals surface area contributed by atoms with Gasteiger partial charge in [-0.15, -0.1) is 0 Å². The SMILES string of the molecule is FC(F)(F)c1cc(Cl)ccc1-c1ncc(C#CSI)cn1. The molecule has 21 heavy (non-hydrogen) atoms. The van der Waals surface area contributed by atoms with Crippen molar-refractivity contribution in [2.75, 3.05) is 0 Å². The first-order valence-corrected chi connectivity index (χ1v) is 9.13. The Kier molecular flexibility index (Phi) is 5.35. The third-order valence-corrected chi connectivity index (χ3v) is 3.49. The van der Waals surface area contributed by atoms with Crippen LogP contribution < -0.4 is 0 Å². The molecule has 0 saturated carbocycles. The molecule has 2 rings (SSSR count). The molecule has 1 aromatic heterocycles. The fourth-order valence-corrected chi connectivity index (χ4v) is 2.21. The molecule has 0 saturated heterocycles. The number of hydrogen-bond acceptors (Lipinski definition) is 3. The Labute approximate surface area is 140 Å². The monoisotopic (exact) mass is 440 g/mol. The zero-order valence-corrected chi connectivity index (χ0v) is 13.8. The van der Waals surface area contributed by atoms with Crippen LogP contribution in [0.1, 0.15) is 11.1 Å². The highest BCUT2D eigenvalue weighted by molar-refractivity contribution is 14.2. The van der Waals surface area contributed by atoms with Crippen LogP contribution in [-0.4, -0.2) is 9.97 Å². The summed E-state index contributed by atoms with van der Waals surface area (Å²) < 4.78 is 39.1. The average Bonchev–Trinajstić information content (AvgIpc) is 2.45. The normalized spacial score (nSPS) is 10.9. The van der Waals surface area contributed by atoms with Crippen molar-refractivity contribution in [3.63, 3.8) is 0 Å². The van der Waals surface area contributed by atoms with Crippen LogP contribution in [-0.2, 0) is 6.18 Å². The first-order chi connectivity index (χ1) is 9.91. The molecule has 0 aliphatic carbocycles. The van der Waals surface area contributed by atoms with Gasteiger partial charge >= 0.3 is 6.18 Å². The van der Waals surface area contributed by atoms with Crippen molar-refractivity contribution >= 4 is 41.7 Å². The first-order valence-electron chi connectivity index (χ1n) is 5.39. The van der Waals surface area contributed by atoms with E-state index in [1.54, 1.807) is 0 Å². The summed E-state index contributed by atoms with van der Waals surface area (Å²) in [7, 11) is 1.29. The molecule has 0 aliphatic heterocycles. The molecular weight excluding hydrogens is 436 g/mol. The molecule has 2 aromatic rings. The molecule has 0 aliphatic rings. The summed E-state index contributed by atoms with van der Waals surface area (Å²) in [5, 5.41) is 2.75. The fourth-order valence-electron chi connectivity index (χ4n) is 1.56. The lowest BCUT2D eigenvalue weighted by atomic mass is 10.1. The Morgan fingerprint density at radius 3 is 2.43 bits per heavy atom. The van der Waals surface area contributed by atoms with Gasteiger partial charge in [0.05, 0.1) is 11.1 Å². The summed E-state index contributed by atoms with van der Waals surface area (Å²) >= 11 is 7.64. The lowest BCUT2D eigenvalue weighted by Crippen LogP contribution is -2.08. The topological polar surface area (TPSA) is 25.8 Å². The lowest BCUT2D eigenvalue weighted by Gasteiger charge is -2.12. The van der Waals surface area contributed by atoms with Gasteiger partial charge < -0.3 is 0 Å². The minimum absolute atomic E-state index is 0.00707. The minimum atomic E-state index is -4.53. The third-order valence-electron chi connectivity index (χ3n) is 2.41. The lowest BCUT2D eigenvalue weighted by molar-refractivity contribution is -0.137. The molecule has 0 N–H and O–H groups in total. The smallest absolute Gasteiger partial charge is 0.235 e. The van der Waals surface area contributed by atoms with E-state index in [4.69, 9.17) is 11.6 Å². The van der Waals surface area contributed by atoms with E-state index in [9.17, 15) is 13.2 Å². The number of aromatic nitrogens is 2. The van der Waals surface area contributed by atoms with E-state index < -0.39 is 11.7 Å². The predicted octanol–water partition coefficient (Wildman–Crippen LogP) is 5.21. The molecule has 2 nitrogen and oxygen atoms in total. The van der Waals surface area contributed by atoms with Crippen LogP contribution in [0.4, 0.5) is 13.2 Å². The number of hydrogen-bond donors (Lipinski definition) is 0. The summed E-state index contributed by atoms with van der Waals surface area (Å²) in [6.07, 6.45) is -1.76. The molecule has 0 bridgehead atoms. The molecule has 0 amide bonds. The molecule has 0 unspecified atom stereocenters. The maximum Gasteiger partial charge on any atom is 0.417 e. The average molecular weight is 441 g/mol. The summed E-state index contributed by atoms with van der Waals surface area (Å²) in [5.74, 6) is 2.74. The second kappa shape index (κ2) is 6.85. The Bertz CT molecular complexity index is 708. The van der Waals surface area contributed by atoms with Gasteiger partial charge in [0, 0.05) is 44.2 Å². The van der Waals surface area contributed by atoms with Gasteiger partial charge in [0.1, 0.15) is 0 Å². The number of rotatable bonds is 1. The molecule has 0 spiro atoms. The van der Waals surface area contributed by atoms with E-state index in [0.29, 0.717) is 5.56 Å². The number of halogens is 5. The van der Waals surface area contributed by atoms with Crippen molar-refractivity contribution in [1.29, 1.82) is 0 Å². The van der Waals surface area contributed by atoms with Crippen molar-refractivity contribution in [1.82, 2.24) is 9.97 Å². The molecule has 1 aromatic carbocycles. The van der Waals surface area contributed by atoms with Gasteiger partial charge in [0.15, 0.2) is 5.82 Å². The van der Waals surface area contributed by atoms with E-state index >= 15 is 0 Å². The summed E-state index contributed by atoms with van der Waals surface area (Å²) in [6, 6.07) is 3.49. The van der Waals surface area contributed by atoms with Gasteiger partial charge in [-0.1, -0.05) is 17.5 Å². The third kappa shape index (κ3) is 4.25. The number of alkyl halides is 3. The van der Waals surface area contributed by atoms with Gasteiger partial charge in [-0.05, 0) is 32.4 Å². The highest BCUT2D eigenvalue weighted by Gasteiger charge is 2.34. The maximum atomic E-state index is 13.0. The number of nitrogens with zero attached hydrogens (tertiary/aromatic N) is 2. The zero-order chi connectivity index (χ0) is 15.5. The number of benzene rings is 1. The van der Waals surface area contributed by atoms with Crippen molar-refractivity contribution in [2.24, 2.45) is 0 Å². The van der Waals surface area contributed by atoms with Crippen LogP contribution in [0.2, 0.25) is 5.02 Å². The Hall–Kier alpha value is -0.980. The predicted molar refractivity (Wildman–Crippen MR) is 86.0 cm³/mol. The van der Waals surface area contributed by atoms with Gasteiger partial charge in [-0.25, -0.2) is 9.97 Å². The summed E-state index contributed by atoms with van der Waals surface area (Å²) in [6.45, 7) is 0. The molecule has 0 radical (unpaired) electrons. The van der Waals surface area contributed by atoms with E-state index in [0.717, 1.165) is 6.07 Å². The van der Waals surface area contributed by atoms with Crippen LogP contribution in [0.25, 0.3) is 11.4 Å². The minimum Gasteiger partial charge on any atom is -0.235 e. The van der Waals surface area contributed by atoms with Crippen LogP contribution in [0, 0.1) is 11.2 Å². The molecular formula is C13H5ClF3IN2S. The van der Waals surface area contributed by atoms with Crippen LogP contribution in [0.3, 0.4) is 0 Å². The summed E-state index contributed by atoms with van der Waals surface area (Å²) in [4.78, 5) is 7.87. The van der Waals surface area contributed by atoms with E-state index in [2.05, 4.69) is 21.1 Å². The second-order valence-electron chi connectivity index (χ2n) is 3.79. The van der Waals surface area contributed by atoms with Crippen molar-refractivity contribution in [3.8, 4) is 22.6 Å². The van der Waals surface area contributed by atoms with Crippen molar-refractivity contribution in [3.05, 3.63) is 46.7 Å². The van der Waals surface area contributed by atoms with Crippen LogP contribution in [0.15, 0.2) is 30.6 Å².